The number of aromatic hydroxyl groups is 1. The van der Waals surface area contributed by atoms with Gasteiger partial charge in [0.25, 0.3) is 15.9 Å². The SMILES string of the molecule is O=C(NN=Cc1ccc(O)c2ncccc12)c1ccc(NS(=O)(=O)c2cccs2)cc1. The fourth-order valence-electron chi connectivity index (χ4n) is 2.83. The molecule has 0 aliphatic rings. The van der Waals surface area contributed by atoms with Gasteiger partial charge in [-0.25, -0.2) is 13.8 Å². The van der Waals surface area contributed by atoms with Crippen LogP contribution in [0.4, 0.5) is 5.69 Å². The summed E-state index contributed by atoms with van der Waals surface area (Å²) in [5, 5.41) is 16.2. The molecule has 0 bridgehead atoms. The van der Waals surface area contributed by atoms with E-state index in [1.165, 1.54) is 42.6 Å². The fourth-order valence-corrected chi connectivity index (χ4v) is 4.88. The van der Waals surface area contributed by atoms with Gasteiger partial charge in [0.15, 0.2) is 0 Å². The minimum atomic E-state index is -3.65. The largest absolute Gasteiger partial charge is 0.506 e. The Balaban J connectivity index is 1.43. The van der Waals surface area contributed by atoms with Crippen LogP contribution in [0.5, 0.6) is 5.75 Å². The summed E-state index contributed by atoms with van der Waals surface area (Å²) >= 11 is 1.12. The number of nitrogens with zero attached hydrogens (tertiary/aromatic N) is 2. The Kier molecular flexibility index (Phi) is 5.65. The quantitative estimate of drug-likeness (QED) is 0.305. The molecule has 156 valence electrons. The van der Waals surface area contributed by atoms with Crippen molar-refractivity contribution in [2.24, 2.45) is 5.10 Å². The summed E-state index contributed by atoms with van der Waals surface area (Å²) in [6.07, 6.45) is 3.04. The van der Waals surface area contributed by atoms with Gasteiger partial charge in [-0.05, 0) is 53.9 Å². The first-order chi connectivity index (χ1) is 14.9. The molecule has 0 atom stereocenters. The number of phenolic OH excluding ortho intramolecular Hbond substituents is 1. The van der Waals surface area contributed by atoms with Crippen LogP contribution in [0, 0.1) is 0 Å². The van der Waals surface area contributed by atoms with Crippen LogP contribution in [0.1, 0.15) is 15.9 Å². The average Bonchev–Trinajstić information content (AvgIpc) is 3.32. The fraction of sp³-hybridized carbons (Fsp3) is 0. The zero-order chi connectivity index (χ0) is 21.8. The normalized spacial score (nSPS) is 11.6. The number of aromatic nitrogens is 1. The minimum Gasteiger partial charge on any atom is -0.506 e. The molecule has 1 amide bonds. The van der Waals surface area contributed by atoms with Crippen molar-refractivity contribution in [1.82, 2.24) is 10.4 Å². The van der Waals surface area contributed by atoms with Crippen LogP contribution in [0.3, 0.4) is 0 Å². The number of hydrogen-bond acceptors (Lipinski definition) is 7. The van der Waals surface area contributed by atoms with Gasteiger partial charge in [0.05, 0.1) is 6.21 Å². The molecule has 0 radical (unpaired) electrons. The number of phenols is 1. The summed E-state index contributed by atoms with van der Waals surface area (Å²) < 4.78 is 27.2. The third-order valence-electron chi connectivity index (χ3n) is 4.31. The maximum atomic E-state index is 12.3. The number of carbonyl (C=O) groups excluding carboxylic acids is 1. The third-order valence-corrected chi connectivity index (χ3v) is 7.09. The molecule has 31 heavy (non-hydrogen) atoms. The van der Waals surface area contributed by atoms with E-state index in [0.717, 1.165) is 11.3 Å². The lowest BCUT2D eigenvalue weighted by atomic mass is 10.1. The molecule has 0 unspecified atom stereocenters. The van der Waals surface area contributed by atoms with E-state index in [1.807, 2.05) is 0 Å². The number of amides is 1. The molecule has 0 saturated heterocycles. The zero-order valence-electron chi connectivity index (χ0n) is 15.9. The minimum absolute atomic E-state index is 0.0616. The van der Waals surface area contributed by atoms with E-state index in [2.05, 4.69) is 20.2 Å². The van der Waals surface area contributed by atoms with E-state index in [9.17, 15) is 18.3 Å². The molecule has 0 aliphatic carbocycles. The van der Waals surface area contributed by atoms with Gasteiger partial charge in [-0.15, -0.1) is 11.3 Å². The molecule has 8 nitrogen and oxygen atoms in total. The maximum absolute atomic E-state index is 12.3. The molecule has 2 aromatic carbocycles. The Morgan fingerprint density at radius 1 is 1.06 bits per heavy atom. The van der Waals surface area contributed by atoms with Crippen molar-refractivity contribution in [3.8, 4) is 5.75 Å². The molecule has 2 aromatic heterocycles. The van der Waals surface area contributed by atoms with Gasteiger partial charge < -0.3 is 5.11 Å². The molecule has 4 rings (SSSR count). The number of carbonyl (C=O) groups is 1. The van der Waals surface area contributed by atoms with Crippen molar-refractivity contribution in [2.45, 2.75) is 4.21 Å². The zero-order valence-corrected chi connectivity index (χ0v) is 17.5. The lowest BCUT2D eigenvalue weighted by Gasteiger charge is -2.07. The number of nitrogens with one attached hydrogen (secondary N) is 2. The highest BCUT2D eigenvalue weighted by Gasteiger charge is 2.15. The van der Waals surface area contributed by atoms with Crippen LogP contribution in [-0.2, 0) is 10.0 Å². The maximum Gasteiger partial charge on any atom is 0.271 e. The van der Waals surface area contributed by atoms with Gasteiger partial charge >= 0.3 is 0 Å². The predicted octanol–water partition coefficient (Wildman–Crippen LogP) is 3.57. The first-order valence-electron chi connectivity index (χ1n) is 9.00. The Morgan fingerprint density at radius 3 is 2.61 bits per heavy atom. The van der Waals surface area contributed by atoms with Crippen LogP contribution in [0.15, 0.2) is 81.6 Å². The molecule has 0 spiro atoms. The van der Waals surface area contributed by atoms with E-state index in [1.54, 1.807) is 35.8 Å². The number of hydrogen-bond donors (Lipinski definition) is 3. The van der Waals surface area contributed by atoms with Crippen LogP contribution in [0.25, 0.3) is 10.9 Å². The van der Waals surface area contributed by atoms with Gasteiger partial charge in [-0.2, -0.15) is 5.10 Å². The topological polar surface area (TPSA) is 121 Å². The second kappa shape index (κ2) is 8.54. The summed E-state index contributed by atoms with van der Waals surface area (Å²) in [4.78, 5) is 16.5. The second-order valence-electron chi connectivity index (χ2n) is 6.39. The number of benzene rings is 2. The number of pyridine rings is 1. The van der Waals surface area contributed by atoms with Gasteiger partial charge in [0.1, 0.15) is 15.5 Å². The van der Waals surface area contributed by atoms with Gasteiger partial charge in [0, 0.05) is 28.4 Å². The van der Waals surface area contributed by atoms with Crippen molar-refractivity contribution in [2.75, 3.05) is 4.72 Å². The molecule has 10 heteroatoms. The number of thiophene rings is 1. The monoisotopic (exact) mass is 452 g/mol. The summed E-state index contributed by atoms with van der Waals surface area (Å²) in [5.41, 5.74) is 4.21. The highest BCUT2D eigenvalue weighted by molar-refractivity contribution is 7.94. The first kappa shape index (κ1) is 20.5. The third kappa shape index (κ3) is 4.55. The van der Waals surface area contributed by atoms with E-state index in [-0.39, 0.29) is 9.96 Å². The Hall–Kier alpha value is -3.76. The van der Waals surface area contributed by atoms with Crippen molar-refractivity contribution in [1.29, 1.82) is 0 Å². The Labute approximate surface area is 181 Å². The van der Waals surface area contributed by atoms with E-state index < -0.39 is 15.9 Å². The van der Waals surface area contributed by atoms with E-state index in [4.69, 9.17) is 0 Å². The van der Waals surface area contributed by atoms with Gasteiger partial charge in [-0.3, -0.25) is 14.5 Å². The van der Waals surface area contributed by atoms with Gasteiger partial charge in [-0.1, -0.05) is 12.1 Å². The second-order valence-corrected chi connectivity index (χ2v) is 9.24. The highest BCUT2D eigenvalue weighted by atomic mass is 32.2. The molecule has 2 heterocycles. The van der Waals surface area contributed by atoms with Crippen LogP contribution in [0.2, 0.25) is 0 Å². The standard InChI is InChI=1S/C21H16N4O4S2/c26-18-10-7-15(17-3-1-11-22-20(17)18)13-23-24-21(27)14-5-8-16(9-6-14)25-31(28,29)19-4-2-12-30-19/h1-13,25-26H,(H,24,27). The number of rotatable bonds is 6. The van der Waals surface area contributed by atoms with Crippen LogP contribution < -0.4 is 10.1 Å². The summed E-state index contributed by atoms with van der Waals surface area (Å²) in [6, 6.07) is 15.9. The molecule has 0 aliphatic heterocycles. The number of sulfonamides is 1. The molecular formula is C21H16N4O4S2. The average molecular weight is 453 g/mol. The smallest absolute Gasteiger partial charge is 0.271 e. The molecule has 3 N–H and O–H groups in total. The Bertz CT molecular complexity index is 1370. The van der Waals surface area contributed by atoms with Crippen molar-refractivity contribution in [3.63, 3.8) is 0 Å². The summed E-state index contributed by atoms with van der Waals surface area (Å²) in [5.74, 6) is -0.392. The number of anilines is 1. The van der Waals surface area contributed by atoms with E-state index in [0.29, 0.717) is 27.7 Å². The first-order valence-corrected chi connectivity index (χ1v) is 11.4. The van der Waals surface area contributed by atoms with Crippen molar-refractivity contribution in [3.05, 3.63) is 83.4 Å². The number of fused-ring (bicyclic) bond motifs is 1. The number of hydrazone groups is 1. The predicted molar refractivity (Wildman–Crippen MR) is 120 cm³/mol. The van der Waals surface area contributed by atoms with Crippen molar-refractivity contribution < 1.29 is 18.3 Å². The Morgan fingerprint density at radius 2 is 1.87 bits per heavy atom. The molecule has 4 aromatic rings. The van der Waals surface area contributed by atoms with Crippen LogP contribution >= 0.6 is 11.3 Å². The lowest BCUT2D eigenvalue weighted by molar-refractivity contribution is 0.0955. The van der Waals surface area contributed by atoms with Crippen LogP contribution in [-0.4, -0.2) is 30.6 Å². The lowest BCUT2D eigenvalue weighted by Crippen LogP contribution is -2.17. The molecule has 0 fully saturated rings. The van der Waals surface area contributed by atoms with Gasteiger partial charge in [0.2, 0.25) is 0 Å². The van der Waals surface area contributed by atoms with E-state index >= 15 is 0 Å². The summed E-state index contributed by atoms with van der Waals surface area (Å²) in [7, 11) is -3.65. The molecular weight excluding hydrogens is 436 g/mol. The van der Waals surface area contributed by atoms with Crippen molar-refractivity contribution >= 4 is 50.1 Å². The molecule has 0 saturated carbocycles. The highest BCUT2D eigenvalue weighted by Crippen LogP contribution is 2.24. The summed E-state index contributed by atoms with van der Waals surface area (Å²) in [6.45, 7) is 0.